The van der Waals surface area contributed by atoms with E-state index in [2.05, 4.69) is 15.4 Å². The number of amides is 1. The van der Waals surface area contributed by atoms with Crippen LogP contribution in [0.4, 0.5) is 17.2 Å². The third-order valence-electron chi connectivity index (χ3n) is 5.46. The molecule has 0 aliphatic rings. The van der Waals surface area contributed by atoms with Crippen LogP contribution in [0.3, 0.4) is 0 Å². The molecule has 2 aromatic carbocycles. The third-order valence-corrected chi connectivity index (χ3v) is 5.46. The van der Waals surface area contributed by atoms with Crippen molar-refractivity contribution in [2.75, 3.05) is 30.0 Å². The van der Waals surface area contributed by atoms with Crippen LogP contribution in [-0.2, 0) is 7.05 Å². The maximum atomic E-state index is 12.8. The molecule has 1 atom stereocenters. The smallest absolute Gasteiger partial charge is 0.255 e. The number of nitrogens with zero attached hydrogens (tertiary/aromatic N) is 4. The Labute approximate surface area is 199 Å². The summed E-state index contributed by atoms with van der Waals surface area (Å²) in [5, 5.41) is 7.17. The highest BCUT2D eigenvalue weighted by Crippen LogP contribution is 2.31. The maximum absolute atomic E-state index is 12.8. The molecule has 3 N–H and O–H groups in total. The Morgan fingerprint density at radius 3 is 2.62 bits per heavy atom. The molecule has 0 spiro atoms. The van der Waals surface area contributed by atoms with Gasteiger partial charge in [-0.25, -0.2) is 4.98 Å². The third kappa shape index (κ3) is 5.17. The maximum Gasteiger partial charge on any atom is 0.255 e. The van der Waals surface area contributed by atoms with Crippen LogP contribution in [0.15, 0.2) is 73.2 Å². The number of pyridine rings is 1. The van der Waals surface area contributed by atoms with Gasteiger partial charge in [-0.2, -0.15) is 5.10 Å². The number of aromatic nitrogens is 3. The summed E-state index contributed by atoms with van der Waals surface area (Å²) in [5.74, 6) is 0.626. The topological polar surface area (TPSA) is 98.3 Å². The zero-order valence-corrected chi connectivity index (χ0v) is 19.7. The van der Waals surface area contributed by atoms with E-state index >= 15 is 0 Å². The van der Waals surface area contributed by atoms with Crippen molar-refractivity contribution < 1.29 is 9.53 Å². The highest BCUT2D eigenvalue weighted by atomic mass is 16.5. The second kappa shape index (κ2) is 9.66. The number of anilines is 3. The van der Waals surface area contributed by atoms with Crippen LogP contribution in [0.25, 0.3) is 11.1 Å². The molecule has 174 valence electrons. The van der Waals surface area contributed by atoms with Crippen molar-refractivity contribution in [1.29, 1.82) is 0 Å². The Hall–Kier alpha value is -4.33. The molecule has 0 fully saturated rings. The molecule has 0 saturated carbocycles. The van der Waals surface area contributed by atoms with Crippen LogP contribution < -0.4 is 20.7 Å². The number of rotatable bonds is 7. The number of ether oxygens (including phenoxy) is 1. The lowest BCUT2D eigenvalue weighted by Gasteiger charge is -2.18. The molecule has 1 amide bonds. The largest absolute Gasteiger partial charge is 0.482 e. The molecule has 4 rings (SSSR count). The Balaban J connectivity index is 1.50. The summed E-state index contributed by atoms with van der Waals surface area (Å²) in [4.78, 5) is 19.0. The van der Waals surface area contributed by atoms with Crippen LogP contribution in [0.2, 0.25) is 0 Å². The summed E-state index contributed by atoms with van der Waals surface area (Å²) in [7, 11) is 5.74. The molecular weight excluding hydrogens is 428 g/mol. The molecule has 8 nitrogen and oxygen atoms in total. The summed E-state index contributed by atoms with van der Waals surface area (Å²) in [6.07, 6.45) is 5.05. The Morgan fingerprint density at radius 2 is 1.88 bits per heavy atom. The van der Waals surface area contributed by atoms with Crippen LogP contribution in [0.5, 0.6) is 5.75 Å². The lowest BCUT2D eigenvalue weighted by molar-refractivity contribution is 0.102. The second-order valence-electron chi connectivity index (χ2n) is 8.29. The highest BCUT2D eigenvalue weighted by molar-refractivity contribution is 6.04. The number of carbonyl (C=O) groups is 1. The molecule has 0 aliphatic carbocycles. The first-order valence-electron chi connectivity index (χ1n) is 10.9. The summed E-state index contributed by atoms with van der Waals surface area (Å²) in [6, 6.07) is 16.9. The minimum Gasteiger partial charge on any atom is -0.482 e. The van der Waals surface area contributed by atoms with Gasteiger partial charge in [0, 0.05) is 61.6 Å². The molecule has 0 radical (unpaired) electrons. The molecule has 0 aliphatic heterocycles. The Kier molecular flexibility index (Phi) is 6.49. The van der Waals surface area contributed by atoms with Gasteiger partial charge in [0.2, 0.25) is 0 Å². The number of hydrogen-bond acceptors (Lipinski definition) is 6. The molecule has 1 unspecified atom stereocenters. The van der Waals surface area contributed by atoms with E-state index < -0.39 is 0 Å². The van der Waals surface area contributed by atoms with Crippen molar-refractivity contribution in [2.24, 2.45) is 7.05 Å². The standard InChI is InChI=1S/C26H28N6O2/c1-17(34-24-13-20(14-28-25(24)27)21-15-29-32(4)16-21)18-7-5-9-22(11-18)30-26(33)19-8-6-10-23(12-19)31(2)3/h5-17H,1-4H3,(H2,27,28)(H,30,33). The summed E-state index contributed by atoms with van der Waals surface area (Å²) >= 11 is 0. The minimum absolute atomic E-state index is 0.174. The second-order valence-corrected chi connectivity index (χ2v) is 8.29. The average Bonchev–Trinajstić information content (AvgIpc) is 3.27. The molecule has 4 aromatic rings. The predicted molar refractivity (Wildman–Crippen MR) is 135 cm³/mol. The van der Waals surface area contributed by atoms with Gasteiger partial charge < -0.3 is 20.7 Å². The molecule has 2 aromatic heterocycles. The molecule has 0 bridgehead atoms. The fraction of sp³-hybridized carbons (Fsp3) is 0.192. The number of benzene rings is 2. The van der Waals surface area contributed by atoms with E-state index in [4.69, 9.17) is 10.5 Å². The van der Waals surface area contributed by atoms with Crippen molar-refractivity contribution in [3.05, 3.63) is 84.3 Å². The Morgan fingerprint density at radius 1 is 1.09 bits per heavy atom. The van der Waals surface area contributed by atoms with E-state index in [1.807, 2.05) is 87.7 Å². The fourth-order valence-corrected chi connectivity index (χ4v) is 3.53. The number of nitrogens with two attached hydrogens (primary N) is 1. The SMILES string of the molecule is CC(Oc1cc(-c2cnn(C)c2)cnc1N)c1cccc(NC(=O)c2cccc(N(C)C)c2)c1. The first kappa shape index (κ1) is 22.8. The number of hydrogen-bond donors (Lipinski definition) is 2. The number of aryl methyl sites for hydroxylation is 1. The van der Waals surface area contributed by atoms with Crippen molar-refractivity contribution in [1.82, 2.24) is 14.8 Å². The van der Waals surface area contributed by atoms with Crippen molar-refractivity contribution in [3.63, 3.8) is 0 Å². The van der Waals surface area contributed by atoms with Gasteiger partial charge in [-0.05, 0) is 48.9 Å². The zero-order chi connectivity index (χ0) is 24.2. The predicted octanol–water partition coefficient (Wildman–Crippen LogP) is 4.52. The van der Waals surface area contributed by atoms with E-state index in [0.717, 1.165) is 22.4 Å². The van der Waals surface area contributed by atoms with Crippen LogP contribution >= 0.6 is 0 Å². The lowest BCUT2D eigenvalue weighted by Crippen LogP contribution is -2.14. The molecule has 0 saturated heterocycles. The quantitative estimate of drug-likeness (QED) is 0.424. The van der Waals surface area contributed by atoms with Gasteiger partial charge in [-0.1, -0.05) is 18.2 Å². The van der Waals surface area contributed by atoms with Gasteiger partial charge in [0.05, 0.1) is 6.20 Å². The number of nitrogens with one attached hydrogen (secondary N) is 1. The van der Waals surface area contributed by atoms with Crippen LogP contribution in [0.1, 0.15) is 28.9 Å². The first-order valence-corrected chi connectivity index (χ1v) is 10.9. The van der Waals surface area contributed by atoms with E-state index in [9.17, 15) is 4.79 Å². The monoisotopic (exact) mass is 456 g/mol. The van der Waals surface area contributed by atoms with E-state index in [0.29, 0.717) is 22.8 Å². The lowest BCUT2D eigenvalue weighted by atomic mass is 10.1. The molecule has 8 heteroatoms. The van der Waals surface area contributed by atoms with Crippen LogP contribution in [-0.4, -0.2) is 34.8 Å². The van der Waals surface area contributed by atoms with Gasteiger partial charge in [-0.3, -0.25) is 9.48 Å². The molecule has 2 heterocycles. The van der Waals surface area contributed by atoms with E-state index in [1.54, 1.807) is 23.1 Å². The van der Waals surface area contributed by atoms with Gasteiger partial charge >= 0.3 is 0 Å². The van der Waals surface area contributed by atoms with E-state index in [-0.39, 0.29) is 12.0 Å². The van der Waals surface area contributed by atoms with Crippen molar-refractivity contribution in [2.45, 2.75) is 13.0 Å². The van der Waals surface area contributed by atoms with Crippen molar-refractivity contribution in [3.8, 4) is 16.9 Å². The van der Waals surface area contributed by atoms with Gasteiger partial charge in [0.15, 0.2) is 11.6 Å². The first-order chi connectivity index (χ1) is 16.3. The van der Waals surface area contributed by atoms with Gasteiger partial charge in [-0.15, -0.1) is 0 Å². The van der Waals surface area contributed by atoms with Gasteiger partial charge in [0.25, 0.3) is 5.91 Å². The Bertz CT molecular complexity index is 1310. The summed E-state index contributed by atoms with van der Waals surface area (Å²) < 4.78 is 7.88. The number of carbonyl (C=O) groups excluding carboxylic acids is 1. The molecular formula is C26H28N6O2. The highest BCUT2D eigenvalue weighted by Gasteiger charge is 2.14. The van der Waals surface area contributed by atoms with Gasteiger partial charge in [0.1, 0.15) is 6.10 Å². The molecule has 34 heavy (non-hydrogen) atoms. The normalized spacial score (nSPS) is 11.6. The minimum atomic E-state index is -0.317. The fourth-order valence-electron chi connectivity index (χ4n) is 3.53. The average molecular weight is 457 g/mol. The number of nitrogen functional groups attached to an aromatic ring is 1. The summed E-state index contributed by atoms with van der Waals surface area (Å²) in [6.45, 7) is 1.93. The summed E-state index contributed by atoms with van der Waals surface area (Å²) in [5.41, 5.74) is 11.0. The van der Waals surface area contributed by atoms with E-state index in [1.165, 1.54) is 0 Å². The van der Waals surface area contributed by atoms with Crippen molar-refractivity contribution >= 4 is 23.1 Å². The van der Waals surface area contributed by atoms with Crippen LogP contribution in [0, 0.1) is 0 Å². The zero-order valence-electron chi connectivity index (χ0n) is 19.7.